The fourth-order valence-electron chi connectivity index (χ4n) is 2.30. The number of alkyl halides is 13. The van der Waals surface area contributed by atoms with E-state index in [1.807, 2.05) is 0 Å². The van der Waals surface area contributed by atoms with Crippen LogP contribution in [-0.4, -0.2) is 55.0 Å². The Hall–Kier alpha value is -2.68. The number of hydrogen-bond acceptors (Lipinski definition) is 3. The zero-order valence-corrected chi connectivity index (χ0v) is 17.9. The number of hydrogen-bond donors (Lipinski definition) is 0. The van der Waals surface area contributed by atoms with Crippen LogP contribution in [0.4, 0.5) is 57.1 Å². The van der Waals surface area contributed by atoms with E-state index < -0.39 is 60.5 Å². The number of rotatable bonds is 12. The highest BCUT2D eigenvalue weighted by molar-refractivity contribution is 5.89. The maximum absolute atomic E-state index is 13.7. The van der Waals surface area contributed by atoms with Gasteiger partial charge in [0.25, 0.3) is 0 Å². The molecule has 0 aliphatic heterocycles. The molecule has 0 fully saturated rings. The standard InChI is InChI=1S/C20H17F13O3/c1-3-11(2)10-36-14(34)12-4-6-13(7-5-12)35-9-8-15(21,22)16(23,24)17(25,26)18(27,28)19(29,30)20(31,32)33/h3-7,11H,1,8-10H2,2H3. The molecule has 206 valence electrons. The summed E-state index contributed by atoms with van der Waals surface area (Å²) in [7, 11) is 0. The quantitative estimate of drug-likeness (QED) is 0.157. The van der Waals surface area contributed by atoms with Gasteiger partial charge in [-0.05, 0) is 24.3 Å². The van der Waals surface area contributed by atoms with Crippen LogP contribution in [0, 0.1) is 5.92 Å². The van der Waals surface area contributed by atoms with Crippen molar-refractivity contribution in [2.24, 2.45) is 5.92 Å². The molecule has 1 aromatic carbocycles. The second-order valence-electron chi connectivity index (χ2n) is 7.43. The molecular weight excluding hydrogens is 535 g/mol. The zero-order chi connectivity index (χ0) is 28.4. The molecule has 0 bridgehead atoms. The largest absolute Gasteiger partial charge is 0.493 e. The first kappa shape index (κ1) is 31.4. The number of halogens is 13. The molecule has 36 heavy (non-hydrogen) atoms. The van der Waals surface area contributed by atoms with Crippen LogP contribution in [0.15, 0.2) is 36.9 Å². The first-order valence-corrected chi connectivity index (χ1v) is 9.55. The third-order valence-corrected chi connectivity index (χ3v) is 4.65. The minimum absolute atomic E-state index is 0.0392. The summed E-state index contributed by atoms with van der Waals surface area (Å²) in [6, 6.07) is 3.90. The number of benzene rings is 1. The van der Waals surface area contributed by atoms with Gasteiger partial charge in [-0.3, -0.25) is 0 Å². The van der Waals surface area contributed by atoms with E-state index in [4.69, 9.17) is 4.74 Å². The van der Waals surface area contributed by atoms with Gasteiger partial charge in [0.1, 0.15) is 5.75 Å². The van der Waals surface area contributed by atoms with Gasteiger partial charge in [-0.1, -0.05) is 13.0 Å². The molecule has 1 rings (SSSR count). The van der Waals surface area contributed by atoms with Crippen LogP contribution in [0.5, 0.6) is 5.75 Å². The lowest BCUT2D eigenvalue weighted by molar-refractivity contribution is -0.440. The van der Waals surface area contributed by atoms with E-state index >= 15 is 0 Å². The van der Waals surface area contributed by atoms with Crippen molar-refractivity contribution in [3.8, 4) is 5.75 Å². The summed E-state index contributed by atoms with van der Waals surface area (Å²) in [4.78, 5) is 11.8. The van der Waals surface area contributed by atoms with Gasteiger partial charge in [0.2, 0.25) is 0 Å². The monoisotopic (exact) mass is 552 g/mol. The average molecular weight is 552 g/mol. The second-order valence-corrected chi connectivity index (χ2v) is 7.43. The van der Waals surface area contributed by atoms with Crippen molar-refractivity contribution in [1.29, 1.82) is 0 Å². The predicted octanol–water partition coefficient (Wildman–Crippen LogP) is 7.17. The minimum Gasteiger partial charge on any atom is -0.493 e. The molecule has 0 radical (unpaired) electrons. The molecule has 0 N–H and O–H groups in total. The fraction of sp³-hybridized carbons (Fsp3) is 0.550. The maximum Gasteiger partial charge on any atom is 0.460 e. The minimum atomic E-state index is -7.94. The van der Waals surface area contributed by atoms with E-state index in [0.29, 0.717) is 0 Å². The molecule has 0 spiro atoms. The van der Waals surface area contributed by atoms with Crippen LogP contribution < -0.4 is 4.74 Å². The lowest BCUT2D eigenvalue weighted by Crippen LogP contribution is -2.70. The van der Waals surface area contributed by atoms with E-state index in [0.717, 1.165) is 24.3 Å². The molecule has 1 aromatic rings. The van der Waals surface area contributed by atoms with E-state index in [1.165, 1.54) is 6.08 Å². The maximum atomic E-state index is 13.7. The molecule has 3 nitrogen and oxygen atoms in total. The van der Waals surface area contributed by atoms with E-state index in [9.17, 15) is 61.9 Å². The lowest BCUT2D eigenvalue weighted by Gasteiger charge is -2.39. The molecule has 16 heteroatoms. The van der Waals surface area contributed by atoms with Crippen molar-refractivity contribution in [2.75, 3.05) is 13.2 Å². The second kappa shape index (κ2) is 10.4. The summed E-state index contributed by atoms with van der Waals surface area (Å²) in [5, 5.41) is 0. The van der Waals surface area contributed by atoms with E-state index in [2.05, 4.69) is 11.3 Å². The first-order valence-electron chi connectivity index (χ1n) is 9.55. The topological polar surface area (TPSA) is 35.5 Å². The average Bonchev–Trinajstić information content (AvgIpc) is 2.76. The summed E-state index contributed by atoms with van der Waals surface area (Å²) in [6.45, 7) is 3.50. The van der Waals surface area contributed by atoms with Crippen LogP contribution in [0.2, 0.25) is 0 Å². The van der Waals surface area contributed by atoms with Crippen molar-refractivity contribution >= 4 is 5.97 Å². The molecule has 1 unspecified atom stereocenters. The van der Waals surface area contributed by atoms with Gasteiger partial charge >= 0.3 is 41.8 Å². The van der Waals surface area contributed by atoms with Crippen molar-refractivity contribution in [3.63, 3.8) is 0 Å². The Bertz CT molecular complexity index is 908. The summed E-state index contributed by atoms with van der Waals surface area (Å²) < 4.78 is 179. The first-order chi connectivity index (χ1) is 16.1. The van der Waals surface area contributed by atoms with Gasteiger partial charge in [-0.25, -0.2) is 4.79 Å². The molecule has 0 saturated heterocycles. The van der Waals surface area contributed by atoms with Crippen LogP contribution in [0.1, 0.15) is 23.7 Å². The van der Waals surface area contributed by atoms with Gasteiger partial charge in [0, 0.05) is 5.92 Å². The molecular formula is C20H17F13O3. The van der Waals surface area contributed by atoms with Crippen molar-refractivity contribution < 1.29 is 71.3 Å². The van der Waals surface area contributed by atoms with Crippen molar-refractivity contribution in [1.82, 2.24) is 0 Å². The number of carbonyl (C=O) groups excluding carboxylic acids is 1. The lowest BCUT2D eigenvalue weighted by atomic mass is 9.93. The third kappa shape index (κ3) is 5.82. The van der Waals surface area contributed by atoms with E-state index in [-0.39, 0.29) is 18.1 Å². The SMILES string of the molecule is C=CC(C)COC(=O)c1ccc(OCCC(F)(F)C(F)(F)C(F)(F)C(F)(F)C(F)(F)C(F)(F)F)cc1. The molecule has 1 atom stereocenters. The molecule has 0 aliphatic rings. The van der Waals surface area contributed by atoms with Crippen LogP contribution in [0.25, 0.3) is 0 Å². The Labute approximate surface area is 194 Å². The molecule has 0 aromatic heterocycles. The van der Waals surface area contributed by atoms with Gasteiger partial charge in [0.15, 0.2) is 0 Å². The van der Waals surface area contributed by atoms with Gasteiger partial charge in [-0.15, -0.1) is 6.58 Å². The Morgan fingerprint density at radius 2 is 1.31 bits per heavy atom. The van der Waals surface area contributed by atoms with Crippen molar-refractivity contribution in [2.45, 2.75) is 49.1 Å². The molecule has 0 amide bonds. The van der Waals surface area contributed by atoms with Crippen LogP contribution in [-0.2, 0) is 4.74 Å². The number of carbonyl (C=O) groups is 1. The van der Waals surface area contributed by atoms with Gasteiger partial charge in [0.05, 0.1) is 25.2 Å². The van der Waals surface area contributed by atoms with E-state index in [1.54, 1.807) is 6.92 Å². The van der Waals surface area contributed by atoms with Gasteiger partial charge in [-0.2, -0.15) is 57.1 Å². The Balaban J connectivity index is 2.93. The predicted molar refractivity (Wildman–Crippen MR) is 97.0 cm³/mol. The molecule has 0 aliphatic carbocycles. The highest BCUT2D eigenvalue weighted by Crippen LogP contribution is 2.60. The van der Waals surface area contributed by atoms with Crippen LogP contribution in [0.3, 0.4) is 0 Å². The third-order valence-electron chi connectivity index (χ3n) is 4.65. The normalized spacial score (nSPS) is 14.8. The Kier molecular flexibility index (Phi) is 9.02. The summed E-state index contributed by atoms with van der Waals surface area (Å²) >= 11 is 0. The number of ether oxygens (including phenoxy) is 2. The summed E-state index contributed by atoms with van der Waals surface area (Å²) in [5.74, 6) is -38.6. The highest BCUT2D eigenvalue weighted by atomic mass is 19.4. The Morgan fingerprint density at radius 1 is 0.833 bits per heavy atom. The van der Waals surface area contributed by atoms with Crippen molar-refractivity contribution in [3.05, 3.63) is 42.5 Å². The number of esters is 1. The van der Waals surface area contributed by atoms with Crippen LogP contribution >= 0.6 is 0 Å². The zero-order valence-electron chi connectivity index (χ0n) is 17.9. The molecule has 0 saturated carbocycles. The fourth-order valence-corrected chi connectivity index (χ4v) is 2.30. The van der Waals surface area contributed by atoms with Gasteiger partial charge < -0.3 is 9.47 Å². The smallest absolute Gasteiger partial charge is 0.460 e. The highest BCUT2D eigenvalue weighted by Gasteiger charge is 2.90. The molecule has 0 heterocycles. The summed E-state index contributed by atoms with van der Waals surface area (Å²) in [5.41, 5.74) is -0.0806. The Morgan fingerprint density at radius 3 is 1.75 bits per heavy atom. The summed E-state index contributed by atoms with van der Waals surface area (Å²) in [6.07, 6.45) is -8.47.